The van der Waals surface area contributed by atoms with Gasteiger partial charge in [-0.1, -0.05) is 30.3 Å². The Morgan fingerprint density at radius 3 is 2.17 bits per heavy atom. The standard InChI is InChI=1S/C14H12O4/c1-17-11-8-10(15)12(14(18-2)13(11)16)9-6-4-3-5-7-9/h3-8H,1-2H3. The van der Waals surface area contributed by atoms with E-state index >= 15 is 0 Å². The molecule has 0 spiro atoms. The number of methoxy groups -OCH3 is 2. The summed E-state index contributed by atoms with van der Waals surface area (Å²) in [5.74, 6) is -0.699. The second kappa shape index (κ2) is 4.87. The first kappa shape index (κ1) is 12.1. The van der Waals surface area contributed by atoms with Gasteiger partial charge in [-0.2, -0.15) is 0 Å². The van der Waals surface area contributed by atoms with Crippen LogP contribution in [0.3, 0.4) is 0 Å². The van der Waals surface area contributed by atoms with Gasteiger partial charge in [0.25, 0.3) is 5.78 Å². The lowest BCUT2D eigenvalue weighted by Crippen LogP contribution is -2.20. The molecule has 0 amide bonds. The zero-order chi connectivity index (χ0) is 13.1. The van der Waals surface area contributed by atoms with E-state index in [-0.39, 0.29) is 22.9 Å². The fourth-order valence-corrected chi connectivity index (χ4v) is 1.82. The van der Waals surface area contributed by atoms with Gasteiger partial charge in [-0.3, -0.25) is 9.59 Å². The third-order valence-electron chi connectivity index (χ3n) is 2.65. The zero-order valence-corrected chi connectivity index (χ0v) is 10.1. The van der Waals surface area contributed by atoms with Crippen molar-refractivity contribution in [3.8, 4) is 0 Å². The fraction of sp³-hybridized carbons (Fsp3) is 0.143. The summed E-state index contributed by atoms with van der Waals surface area (Å²) in [6, 6.07) is 8.93. The molecule has 1 aromatic carbocycles. The number of benzene rings is 1. The molecule has 0 atom stereocenters. The molecule has 0 N–H and O–H groups in total. The summed E-state index contributed by atoms with van der Waals surface area (Å²) < 4.78 is 9.93. The molecule has 1 aliphatic carbocycles. The summed E-state index contributed by atoms with van der Waals surface area (Å²) in [6.45, 7) is 0. The molecule has 0 bridgehead atoms. The van der Waals surface area contributed by atoms with Crippen molar-refractivity contribution in [3.05, 3.63) is 53.5 Å². The topological polar surface area (TPSA) is 52.6 Å². The van der Waals surface area contributed by atoms with Gasteiger partial charge in [-0.15, -0.1) is 0 Å². The van der Waals surface area contributed by atoms with Crippen molar-refractivity contribution >= 4 is 17.1 Å². The van der Waals surface area contributed by atoms with Crippen LogP contribution in [0.5, 0.6) is 0 Å². The lowest BCUT2D eigenvalue weighted by molar-refractivity contribution is -0.119. The average Bonchev–Trinajstić information content (AvgIpc) is 2.41. The minimum absolute atomic E-state index is 0.00321. The van der Waals surface area contributed by atoms with Crippen molar-refractivity contribution in [3.63, 3.8) is 0 Å². The number of hydrogen-bond donors (Lipinski definition) is 0. The third-order valence-corrected chi connectivity index (χ3v) is 2.65. The Hall–Kier alpha value is -2.36. The Bertz CT molecular complexity index is 552. The molecule has 1 aromatic rings. The molecule has 0 fully saturated rings. The fourth-order valence-electron chi connectivity index (χ4n) is 1.82. The van der Waals surface area contributed by atoms with Crippen LogP contribution in [0.1, 0.15) is 5.56 Å². The van der Waals surface area contributed by atoms with Crippen LogP contribution in [0.25, 0.3) is 5.57 Å². The number of carbonyl (C=O) groups excluding carboxylic acids is 2. The summed E-state index contributed by atoms with van der Waals surface area (Å²) in [7, 11) is 2.71. The number of ketones is 2. The smallest absolute Gasteiger partial charge is 0.262 e. The van der Waals surface area contributed by atoms with Gasteiger partial charge in [0.15, 0.2) is 17.3 Å². The summed E-state index contributed by atoms with van der Waals surface area (Å²) >= 11 is 0. The van der Waals surface area contributed by atoms with Crippen LogP contribution in [-0.2, 0) is 19.1 Å². The lowest BCUT2D eigenvalue weighted by Gasteiger charge is -2.17. The Balaban J connectivity index is 2.57. The van der Waals surface area contributed by atoms with Gasteiger partial charge in [0.2, 0.25) is 0 Å². The van der Waals surface area contributed by atoms with Crippen molar-refractivity contribution in [1.29, 1.82) is 0 Å². The molecule has 0 aliphatic heterocycles. The van der Waals surface area contributed by atoms with Gasteiger partial charge in [-0.25, -0.2) is 0 Å². The molecule has 0 radical (unpaired) electrons. The number of allylic oxidation sites excluding steroid dienone is 2. The van der Waals surface area contributed by atoms with E-state index in [1.807, 2.05) is 6.07 Å². The monoisotopic (exact) mass is 244 g/mol. The molecule has 0 unspecified atom stereocenters. The molecule has 2 rings (SSSR count). The van der Waals surface area contributed by atoms with E-state index in [0.717, 1.165) is 0 Å². The molecule has 4 heteroatoms. The van der Waals surface area contributed by atoms with Gasteiger partial charge < -0.3 is 9.47 Å². The highest BCUT2D eigenvalue weighted by molar-refractivity contribution is 6.36. The van der Waals surface area contributed by atoms with Crippen LogP contribution < -0.4 is 0 Å². The number of Topliss-reactive ketones (excluding diaryl/α,β-unsaturated/α-hetero) is 1. The van der Waals surface area contributed by atoms with E-state index in [9.17, 15) is 9.59 Å². The Kier molecular flexibility index (Phi) is 3.28. The van der Waals surface area contributed by atoms with E-state index in [2.05, 4.69) is 0 Å². The number of hydrogen-bond acceptors (Lipinski definition) is 4. The first-order valence-corrected chi connectivity index (χ1v) is 5.37. The van der Waals surface area contributed by atoms with Gasteiger partial charge in [0.05, 0.1) is 19.8 Å². The lowest BCUT2D eigenvalue weighted by atomic mass is 9.94. The third kappa shape index (κ3) is 1.93. The molecular formula is C14H12O4. The first-order valence-electron chi connectivity index (χ1n) is 5.37. The highest BCUT2D eigenvalue weighted by Crippen LogP contribution is 2.27. The summed E-state index contributed by atoms with van der Waals surface area (Å²) in [5, 5.41) is 0. The molecule has 4 nitrogen and oxygen atoms in total. The van der Waals surface area contributed by atoms with Crippen LogP contribution in [0.4, 0.5) is 0 Å². The van der Waals surface area contributed by atoms with Crippen molar-refractivity contribution in [2.45, 2.75) is 0 Å². The first-order chi connectivity index (χ1) is 8.69. The maximum absolute atomic E-state index is 12.0. The van der Waals surface area contributed by atoms with Crippen molar-refractivity contribution < 1.29 is 19.1 Å². The number of carbonyl (C=O) groups is 2. The largest absolute Gasteiger partial charge is 0.492 e. The maximum atomic E-state index is 12.0. The molecular weight excluding hydrogens is 232 g/mol. The van der Waals surface area contributed by atoms with Crippen LogP contribution in [0.15, 0.2) is 47.9 Å². The molecule has 0 saturated heterocycles. The maximum Gasteiger partial charge on any atom is 0.262 e. The highest BCUT2D eigenvalue weighted by Gasteiger charge is 2.31. The van der Waals surface area contributed by atoms with Crippen LogP contribution in [0.2, 0.25) is 0 Å². The predicted octanol–water partition coefficient (Wildman–Crippen LogP) is 1.73. The van der Waals surface area contributed by atoms with E-state index < -0.39 is 5.78 Å². The second-order valence-electron chi connectivity index (χ2n) is 3.68. The molecule has 0 heterocycles. The predicted molar refractivity (Wildman–Crippen MR) is 65.5 cm³/mol. The number of ether oxygens (including phenoxy) is 2. The molecule has 1 aliphatic rings. The van der Waals surface area contributed by atoms with E-state index in [1.54, 1.807) is 24.3 Å². The quantitative estimate of drug-likeness (QED) is 0.760. The van der Waals surface area contributed by atoms with Crippen LogP contribution >= 0.6 is 0 Å². The Labute approximate surface area is 105 Å². The van der Waals surface area contributed by atoms with E-state index in [0.29, 0.717) is 5.56 Å². The van der Waals surface area contributed by atoms with Gasteiger partial charge in [-0.05, 0) is 5.56 Å². The normalized spacial score (nSPS) is 15.6. The molecule has 0 aromatic heterocycles. The minimum Gasteiger partial charge on any atom is -0.492 e. The summed E-state index contributed by atoms with van der Waals surface area (Å²) in [5.41, 5.74) is 0.919. The van der Waals surface area contributed by atoms with Gasteiger partial charge >= 0.3 is 0 Å². The van der Waals surface area contributed by atoms with Crippen molar-refractivity contribution in [2.24, 2.45) is 0 Å². The SMILES string of the molecule is COC1=CC(=O)C(c2ccccc2)=C(OC)C1=O. The minimum atomic E-state index is -0.418. The van der Waals surface area contributed by atoms with Crippen molar-refractivity contribution in [2.75, 3.05) is 14.2 Å². The Morgan fingerprint density at radius 1 is 0.944 bits per heavy atom. The van der Waals surface area contributed by atoms with Crippen LogP contribution in [0, 0.1) is 0 Å². The van der Waals surface area contributed by atoms with Gasteiger partial charge in [0.1, 0.15) is 0 Å². The Morgan fingerprint density at radius 2 is 1.61 bits per heavy atom. The summed E-state index contributed by atoms with van der Waals surface area (Å²) in [4.78, 5) is 24.0. The average molecular weight is 244 g/mol. The molecule has 92 valence electrons. The second-order valence-corrected chi connectivity index (χ2v) is 3.68. The van der Waals surface area contributed by atoms with Crippen molar-refractivity contribution in [1.82, 2.24) is 0 Å². The van der Waals surface area contributed by atoms with E-state index in [4.69, 9.17) is 9.47 Å². The van der Waals surface area contributed by atoms with E-state index in [1.165, 1.54) is 20.3 Å². The zero-order valence-electron chi connectivity index (χ0n) is 10.1. The highest BCUT2D eigenvalue weighted by atomic mass is 16.5. The number of rotatable bonds is 3. The summed E-state index contributed by atoms with van der Waals surface area (Å²) in [6.07, 6.45) is 1.19. The molecule has 18 heavy (non-hydrogen) atoms. The molecule has 0 saturated carbocycles. The van der Waals surface area contributed by atoms with Gasteiger partial charge in [0, 0.05) is 6.08 Å². The van der Waals surface area contributed by atoms with Crippen LogP contribution in [-0.4, -0.2) is 25.8 Å².